The number of allylic oxidation sites excluding steroid dienone is 1. The van der Waals surface area contributed by atoms with Gasteiger partial charge in [0, 0.05) is 11.5 Å². The van der Waals surface area contributed by atoms with Gasteiger partial charge in [-0.1, -0.05) is 11.6 Å². The highest BCUT2D eigenvalue weighted by Gasteiger charge is 2.24. The van der Waals surface area contributed by atoms with Crippen LogP contribution >= 0.6 is 11.8 Å². The summed E-state index contributed by atoms with van der Waals surface area (Å²) < 4.78 is 5.55. The van der Waals surface area contributed by atoms with E-state index < -0.39 is 0 Å². The van der Waals surface area contributed by atoms with Gasteiger partial charge in [0.25, 0.3) is 0 Å². The molecule has 1 fully saturated rings. The third-order valence-corrected chi connectivity index (χ3v) is 3.90. The van der Waals surface area contributed by atoms with Crippen molar-refractivity contribution in [3.8, 4) is 0 Å². The summed E-state index contributed by atoms with van der Waals surface area (Å²) in [6, 6.07) is 0. The second kappa shape index (κ2) is 5.19. The highest BCUT2D eigenvalue weighted by Crippen LogP contribution is 2.25. The van der Waals surface area contributed by atoms with E-state index in [-0.39, 0.29) is 12.2 Å². The zero-order valence-corrected chi connectivity index (χ0v) is 9.26. The van der Waals surface area contributed by atoms with Gasteiger partial charge in [-0.3, -0.25) is 0 Å². The molecule has 0 aromatic rings. The molecule has 14 heavy (non-hydrogen) atoms. The maximum Gasteiger partial charge on any atom is 0.0927 e. The Hall–Kier alpha value is 0.01000. The molecule has 0 aromatic heterocycles. The summed E-state index contributed by atoms with van der Waals surface area (Å²) in [6.07, 6.45) is 6.52. The molecule has 1 saturated heterocycles. The molecular formula is C11H18O2S. The van der Waals surface area contributed by atoms with Crippen LogP contribution in [0.4, 0.5) is 0 Å². The predicted octanol–water partition coefficient (Wildman–Crippen LogP) is 1.98. The average Bonchev–Trinajstić information content (AvgIpc) is 2.72. The van der Waals surface area contributed by atoms with E-state index in [2.05, 4.69) is 6.08 Å². The highest BCUT2D eigenvalue weighted by molar-refractivity contribution is 7.99. The topological polar surface area (TPSA) is 29.5 Å². The Balaban J connectivity index is 1.78. The van der Waals surface area contributed by atoms with Crippen molar-refractivity contribution in [2.24, 2.45) is 0 Å². The van der Waals surface area contributed by atoms with Crippen LogP contribution in [0.3, 0.4) is 0 Å². The van der Waals surface area contributed by atoms with Gasteiger partial charge >= 0.3 is 0 Å². The largest absolute Gasteiger partial charge is 0.390 e. The molecule has 2 aliphatic rings. The van der Waals surface area contributed by atoms with Crippen molar-refractivity contribution in [2.45, 2.75) is 37.9 Å². The molecule has 0 aromatic carbocycles. The van der Waals surface area contributed by atoms with Crippen molar-refractivity contribution in [3.63, 3.8) is 0 Å². The first kappa shape index (κ1) is 10.5. The molecule has 0 bridgehead atoms. The maximum absolute atomic E-state index is 9.96. The van der Waals surface area contributed by atoms with E-state index in [1.807, 2.05) is 11.8 Å². The number of rotatable bonds is 3. The van der Waals surface area contributed by atoms with Gasteiger partial charge in [-0.15, -0.1) is 0 Å². The van der Waals surface area contributed by atoms with E-state index in [1.54, 1.807) is 0 Å². The van der Waals surface area contributed by atoms with Crippen LogP contribution in [0.25, 0.3) is 0 Å². The molecule has 2 rings (SSSR count). The standard InChI is InChI=1S/C11H18O2S/c12-10(7-9-3-1-2-4-9)11-8-14-6-5-13-11/h3,10-12H,1-2,4-8H2. The van der Waals surface area contributed by atoms with Crippen LogP contribution in [0.5, 0.6) is 0 Å². The van der Waals surface area contributed by atoms with Crippen molar-refractivity contribution in [1.82, 2.24) is 0 Å². The van der Waals surface area contributed by atoms with Crippen molar-refractivity contribution in [1.29, 1.82) is 0 Å². The van der Waals surface area contributed by atoms with Crippen molar-refractivity contribution in [2.75, 3.05) is 18.1 Å². The molecule has 0 spiro atoms. The second-order valence-electron chi connectivity index (χ2n) is 4.01. The van der Waals surface area contributed by atoms with Gasteiger partial charge in [-0.05, 0) is 25.7 Å². The van der Waals surface area contributed by atoms with E-state index in [4.69, 9.17) is 4.74 Å². The lowest BCUT2D eigenvalue weighted by Crippen LogP contribution is -2.35. The van der Waals surface area contributed by atoms with E-state index >= 15 is 0 Å². The lowest BCUT2D eigenvalue weighted by Gasteiger charge is -2.27. The third kappa shape index (κ3) is 2.75. The normalized spacial score (nSPS) is 30.1. The number of thioether (sulfide) groups is 1. The Kier molecular flexibility index (Phi) is 3.90. The summed E-state index contributed by atoms with van der Waals surface area (Å²) in [6.45, 7) is 0.797. The highest BCUT2D eigenvalue weighted by atomic mass is 32.2. The first-order valence-corrected chi connectivity index (χ1v) is 6.57. The number of ether oxygens (including phenoxy) is 1. The van der Waals surface area contributed by atoms with E-state index in [9.17, 15) is 5.11 Å². The van der Waals surface area contributed by atoms with Gasteiger partial charge < -0.3 is 9.84 Å². The Bertz CT molecular complexity index is 209. The fraction of sp³-hybridized carbons (Fsp3) is 0.818. The minimum absolute atomic E-state index is 0.0650. The summed E-state index contributed by atoms with van der Waals surface area (Å²) in [5, 5.41) is 9.96. The van der Waals surface area contributed by atoms with E-state index in [0.29, 0.717) is 0 Å². The van der Waals surface area contributed by atoms with Crippen LogP contribution in [-0.4, -0.2) is 35.4 Å². The Labute approximate surface area is 89.7 Å². The van der Waals surface area contributed by atoms with Gasteiger partial charge in [0.1, 0.15) is 0 Å². The number of aliphatic hydroxyl groups is 1. The molecule has 2 unspecified atom stereocenters. The van der Waals surface area contributed by atoms with Gasteiger partial charge in [0.05, 0.1) is 18.8 Å². The van der Waals surface area contributed by atoms with Crippen LogP contribution in [-0.2, 0) is 4.74 Å². The molecule has 2 atom stereocenters. The molecule has 2 nitrogen and oxygen atoms in total. The van der Waals surface area contributed by atoms with Gasteiger partial charge in [-0.25, -0.2) is 0 Å². The SMILES string of the molecule is OC(CC1=CCCC1)C1CSCCO1. The molecule has 0 amide bonds. The average molecular weight is 214 g/mol. The predicted molar refractivity (Wildman–Crippen MR) is 59.6 cm³/mol. The van der Waals surface area contributed by atoms with E-state index in [1.165, 1.54) is 24.8 Å². The zero-order valence-electron chi connectivity index (χ0n) is 8.45. The van der Waals surface area contributed by atoms with Gasteiger partial charge in [0.15, 0.2) is 0 Å². The molecule has 0 saturated carbocycles. The molecule has 1 heterocycles. The lowest BCUT2D eigenvalue weighted by molar-refractivity contribution is -0.0209. The zero-order chi connectivity index (χ0) is 9.80. The quantitative estimate of drug-likeness (QED) is 0.728. The van der Waals surface area contributed by atoms with Gasteiger partial charge in [-0.2, -0.15) is 11.8 Å². The molecule has 80 valence electrons. The van der Waals surface area contributed by atoms with Crippen molar-refractivity contribution < 1.29 is 9.84 Å². The molecule has 3 heteroatoms. The first-order chi connectivity index (χ1) is 6.86. The van der Waals surface area contributed by atoms with Gasteiger partial charge in [0.2, 0.25) is 0 Å². The minimum Gasteiger partial charge on any atom is -0.390 e. The summed E-state index contributed by atoms with van der Waals surface area (Å²) in [7, 11) is 0. The van der Waals surface area contributed by atoms with Crippen LogP contribution < -0.4 is 0 Å². The number of hydrogen-bond donors (Lipinski definition) is 1. The Morgan fingerprint density at radius 3 is 3.21 bits per heavy atom. The van der Waals surface area contributed by atoms with Crippen molar-refractivity contribution >= 4 is 11.8 Å². The summed E-state index contributed by atoms with van der Waals surface area (Å²) >= 11 is 1.88. The van der Waals surface area contributed by atoms with Crippen LogP contribution in [0.15, 0.2) is 11.6 Å². The molecular weight excluding hydrogens is 196 g/mol. The Morgan fingerprint density at radius 2 is 2.57 bits per heavy atom. The van der Waals surface area contributed by atoms with Crippen LogP contribution in [0, 0.1) is 0 Å². The molecule has 1 aliphatic heterocycles. The monoisotopic (exact) mass is 214 g/mol. The summed E-state index contributed by atoms with van der Waals surface area (Å²) in [5.74, 6) is 2.03. The Morgan fingerprint density at radius 1 is 1.64 bits per heavy atom. The number of aliphatic hydroxyl groups excluding tert-OH is 1. The third-order valence-electron chi connectivity index (χ3n) is 2.88. The summed E-state index contributed by atoms with van der Waals surface area (Å²) in [4.78, 5) is 0. The minimum atomic E-state index is -0.285. The van der Waals surface area contributed by atoms with Crippen molar-refractivity contribution in [3.05, 3.63) is 11.6 Å². The smallest absolute Gasteiger partial charge is 0.0927 e. The molecule has 1 aliphatic carbocycles. The second-order valence-corrected chi connectivity index (χ2v) is 5.16. The molecule has 0 radical (unpaired) electrons. The fourth-order valence-corrected chi connectivity index (χ4v) is 2.98. The molecule has 1 N–H and O–H groups in total. The fourth-order valence-electron chi connectivity index (χ4n) is 2.05. The lowest BCUT2D eigenvalue weighted by atomic mass is 10.0. The maximum atomic E-state index is 9.96. The first-order valence-electron chi connectivity index (χ1n) is 5.41. The van der Waals surface area contributed by atoms with Crippen LogP contribution in [0.2, 0.25) is 0 Å². The van der Waals surface area contributed by atoms with Crippen LogP contribution in [0.1, 0.15) is 25.7 Å². The van der Waals surface area contributed by atoms with E-state index in [0.717, 1.165) is 24.5 Å². The number of hydrogen-bond acceptors (Lipinski definition) is 3. The summed E-state index contributed by atoms with van der Waals surface area (Å²) in [5.41, 5.74) is 1.43.